The smallest absolute Gasteiger partial charge is 0.317 e. The number of hydrogen-bond acceptors (Lipinski definition) is 6. The Kier molecular flexibility index (Phi) is 8.17. The number of aliphatic hydroxyl groups excluding tert-OH is 1. The second-order valence-electron chi connectivity index (χ2n) is 6.65. The van der Waals surface area contributed by atoms with Gasteiger partial charge in [0.15, 0.2) is 0 Å². The van der Waals surface area contributed by atoms with Crippen LogP contribution in [-0.4, -0.2) is 100 Å². The predicted molar refractivity (Wildman–Crippen MR) is 90.1 cm³/mol. The van der Waals surface area contributed by atoms with Crippen LogP contribution in [0.5, 0.6) is 0 Å². The molecule has 0 radical (unpaired) electrons. The van der Waals surface area contributed by atoms with E-state index >= 15 is 0 Å². The van der Waals surface area contributed by atoms with Gasteiger partial charge in [-0.2, -0.15) is 0 Å². The van der Waals surface area contributed by atoms with Gasteiger partial charge in [-0.3, -0.25) is 24.3 Å². The minimum Gasteiger partial charge on any atom is -0.512 e. The lowest BCUT2D eigenvalue weighted by Crippen LogP contribution is -2.50. The fourth-order valence-corrected chi connectivity index (χ4v) is 3.06. The zero-order valence-electron chi connectivity index (χ0n) is 14.5. The predicted octanol–water partition coefficient (Wildman–Crippen LogP) is 0.172. The number of carboxylic acid groups (broad SMARTS) is 2. The fourth-order valence-electron chi connectivity index (χ4n) is 3.06. The maximum absolute atomic E-state index is 11.2. The van der Waals surface area contributed by atoms with Crippen molar-refractivity contribution in [3.63, 3.8) is 0 Å². The summed E-state index contributed by atoms with van der Waals surface area (Å²) in [6.07, 6.45) is 0. The quantitative estimate of drug-likeness (QED) is 0.562. The van der Waals surface area contributed by atoms with Crippen molar-refractivity contribution in [2.45, 2.75) is 19.9 Å². The van der Waals surface area contributed by atoms with E-state index in [0.29, 0.717) is 39.3 Å². The molecule has 8 nitrogen and oxygen atoms in total. The van der Waals surface area contributed by atoms with Crippen LogP contribution >= 0.6 is 0 Å². The normalized spacial score (nSPS) is 21.9. The van der Waals surface area contributed by atoms with Gasteiger partial charge in [0.25, 0.3) is 0 Å². The van der Waals surface area contributed by atoms with Crippen molar-refractivity contribution in [1.82, 2.24) is 14.7 Å². The van der Waals surface area contributed by atoms with Crippen LogP contribution in [0.1, 0.15) is 13.8 Å². The summed E-state index contributed by atoms with van der Waals surface area (Å²) in [6, 6.07) is -0.0438. The Balaban J connectivity index is 2.98. The summed E-state index contributed by atoms with van der Waals surface area (Å²) in [5.41, 5.74) is 0. The molecule has 1 aliphatic rings. The van der Waals surface area contributed by atoms with Gasteiger partial charge < -0.3 is 15.3 Å². The van der Waals surface area contributed by atoms with E-state index in [9.17, 15) is 19.8 Å². The highest BCUT2D eigenvalue weighted by Crippen LogP contribution is 2.15. The number of carbonyl (C=O) groups is 2. The monoisotopic (exact) mass is 343 g/mol. The number of nitrogens with zero attached hydrogens (tertiary/aromatic N) is 3. The maximum atomic E-state index is 11.2. The van der Waals surface area contributed by atoms with Crippen molar-refractivity contribution in [3.8, 4) is 0 Å². The Hall–Kier alpha value is -1.64. The van der Waals surface area contributed by atoms with Gasteiger partial charge in [-0.25, -0.2) is 0 Å². The second kappa shape index (κ2) is 9.61. The molecular weight excluding hydrogens is 314 g/mol. The third-order valence-electron chi connectivity index (χ3n) is 4.22. The van der Waals surface area contributed by atoms with Crippen molar-refractivity contribution < 1.29 is 24.9 Å². The topological polar surface area (TPSA) is 105 Å². The van der Waals surface area contributed by atoms with E-state index in [1.807, 2.05) is 28.5 Å². The molecule has 1 fully saturated rings. The number of rotatable bonds is 7. The summed E-state index contributed by atoms with van der Waals surface area (Å²) in [5, 5.41) is 27.8. The Morgan fingerprint density at radius 1 is 0.958 bits per heavy atom. The van der Waals surface area contributed by atoms with Gasteiger partial charge in [-0.1, -0.05) is 20.4 Å². The van der Waals surface area contributed by atoms with Gasteiger partial charge >= 0.3 is 11.9 Å². The molecule has 0 bridgehead atoms. The number of carboxylic acids is 2. The molecule has 1 atom stereocenters. The first-order chi connectivity index (χ1) is 11.2. The van der Waals surface area contributed by atoms with Gasteiger partial charge in [0.2, 0.25) is 0 Å². The molecule has 24 heavy (non-hydrogen) atoms. The van der Waals surface area contributed by atoms with Gasteiger partial charge in [-0.15, -0.1) is 0 Å². The lowest BCUT2D eigenvalue weighted by molar-refractivity contribution is -0.141. The molecule has 1 unspecified atom stereocenters. The van der Waals surface area contributed by atoms with Crippen LogP contribution in [0.15, 0.2) is 12.3 Å². The van der Waals surface area contributed by atoms with Crippen molar-refractivity contribution >= 4 is 11.9 Å². The zero-order valence-corrected chi connectivity index (χ0v) is 14.5. The lowest BCUT2D eigenvalue weighted by atomic mass is 10.0. The molecule has 0 aliphatic carbocycles. The highest BCUT2D eigenvalue weighted by Gasteiger charge is 2.29. The molecule has 0 aromatic heterocycles. The van der Waals surface area contributed by atoms with Gasteiger partial charge in [0, 0.05) is 38.8 Å². The minimum atomic E-state index is -0.903. The third-order valence-corrected chi connectivity index (χ3v) is 4.22. The van der Waals surface area contributed by atoms with Crippen molar-refractivity contribution in [2.75, 3.05) is 52.4 Å². The lowest BCUT2D eigenvalue weighted by Gasteiger charge is -2.35. The molecule has 0 aromatic rings. The molecule has 138 valence electrons. The standard InChI is InChI=1S/C16H29N3O5/c1-12(2)14-9-18(10-15(21)22)5-4-17(8-13(3)20)6-7-19(14)11-16(23)24/h12,14,20H,3-11H2,1-2H3,(H,21,22)(H,23,24). The summed E-state index contributed by atoms with van der Waals surface area (Å²) in [6.45, 7) is 10.5. The Labute approximate surface area is 143 Å². The van der Waals surface area contributed by atoms with Crippen LogP contribution in [-0.2, 0) is 9.59 Å². The van der Waals surface area contributed by atoms with E-state index in [2.05, 4.69) is 6.58 Å². The Morgan fingerprint density at radius 3 is 2.00 bits per heavy atom. The van der Waals surface area contributed by atoms with E-state index in [-0.39, 0.29) is 30.8 Å². The minimum absolute atomic E-state index is 0.0438. The van der Waals surface area contributed by atoms with Crippen LogP contribution in [0.3, 0.4) is 0 Å². The second-order valence-corrected chi connectivity index (χ2v) is 6.65. The summed E-state index contributed by atoms with van der Waals surface area (Å²) in [5.74, 6) is -1.56. The van der Waals surface area contributed by atoms with Gasteiger partial charge in [-0.05, 0) is 5.92 Å². The molecule has 1 aliphatic heterocycles. The van der Waals surface area contributed by atoms with E-state index in [1.165, 1.54) is 0 Å². The first-order valence-corrected chi connectivity index (χ1v) is 8.18. The van der Waals surface area contributed by atoms with E-state index in [1.54, 1.807) is 0 Å². The zero-order chi connectivity index (χ0) is 18.3. The SMILES string of the molecule is C=C(O)CN1CCN(CC(=O)O)CC(C(C)C)N(CC(=O)O)CC1. The summed E-state index contributed by atoms with van der Waals surface area (Å²) >= 11 is 0. The maximum Gasteiger partial charge on any atom is 0.317 e. The van der Waals surface area contributed by atoms with Crippen LogP contribution in [0.25, 0.3) is 0 Å². The van der Waals surface area contributed by atoms with Crippen molar-refractivity contribution in [3.05, 3.63) is 12.3 Å². The molecule has 1 rings (SSSR count). The van der Waals surface area contributed by atoms with Gasteiger partial charge in [0.1, 0.15) is 0 Å². The molecule has 0 amide bonds. The Bertz CT molecular complexity index is 455. The van der Waals surface area contributed by atoms with Gasteiger partial charge in [0.05, 0.1) is 25.4 Å². The molecule has 0 aromatic carbocycles. The number of aliphatic hydroxyl groups is 1. The van der Waals surface area contributed by atoms with Crippen molar-refractivity contribution in [2.24, 2.45) is 5.92 Å². The molecule has 1 saturated heterocycles. The van der Waals surface area contributed by atoms with Crippen LogP contribution in [0.4, 0.5) is 0 Å². The van der Waals surface area contributed by atoms with Crippen molar-refractivity contribution in [1.29, 1.82) is 0 Å². The first kappa shape index (κ1) is 20.4. The van der Waals surface area contributed by atoms with E-state index < -0.39 is 11.9 Å². The molecular formula is C16H29N3O5. The first-order valence-electron chi connectivity index (χ1n) is 8.18. The highest BCUT2D eigenvalue weighted by atomic mass is 16.4. The summed E-state index contributed by atoms with van der Waals surface area (Å²) in [4.78, 5) is 28.0. The summed E-state index contributed by atoms with van der Waals surface area (Å²) in [7, 11) is 0. The molecule has 0 saturated carbocycles. The Morgan fingerprint density at radius 2 is 1.50 bits per heavy atom. The molecule has 3 N–H and O–H groups in total. The third kappa shape index (κ3) is 7.29. The average molecular weight is 343 g/mol. The number of hydrogen-bond donors (Lipinski definition) is 3. The fraction of sp³-hybridized carbons (Fsp3) is 0.750. The van der Waals surface area contributed by atoms with Crippen LogP contribution < -0.4 is 0 Å². The highest BCUT2D eigenvalue weighted by molar-refractivity contribution is 5.69. The molecule has 1 heterocycles. The summed E-state index contributed by atoms with van der Waals surface area (Å²) < 4.78 is 0. The molecule has 8 heteroatoms. The molecule has 0 spiro atoms. The number of aliphatic carboxylic acids is 2. The van der Waals surface area contributed by atoms with E-state index in [0.717, 1.165) is 0 Å². The largest absolute Gasteiger partial charge is 0.512 e. The van der Waals surface area contributed by atoms with Crippen LogP contribution in [0, 0.1) is 5.92 Å². The average Bonchev–Trinajstić information content (AvgIpc) is 2.50. The van der Waals surface area contributed by atoms with E-state index in [4.69, 9.17) is 5.11 Å². The van der Waals surface area contributed by atoms with Crippen LogP contribution in [0.2, 0.25) is 0 Å².